The predicted molar refractivity (Wildman–Crippen MR) is 109 cm³/mol. The van der Waals surface area contributed by atoms with E-state index in [1.165, 1.54) is 6.33 Å². The summed E-state index contributed by atoms with van der Waals surface area (Å²) in [4.78, 5) is 17.0. The van der Waals surface area contributed by atoms with E-state index in [1.54, 1.807) is 11.0 Å². The normalized spacial score (nSPS) is 10.8. The maximum atomic E-state index is 13.0. The first-order valence-corrected chi connectivity index (χ1v) is 9.09. The Morgan fingerprint density at radius 3 is 2.54 bits per heavy atom. The molecule has 0 aliphatic carbocycles. The zero-order valence-corrected chi connectivity index (χ0v) is 15.8. The van der Waals surface area contributed by atoms with Gasteiger partial charge in [-0.2, -0.15) is 5.10 Å². The third kappa shape index (κ3) is 3.44. The van der Waals surface area contributed by atoms with Crippen molar-refractivity contribution in [2.45, 2.75) is 20.4 Å². The number of hydrogen-bond acceptors (Lipinski definition) is 3. The average Bonchev–Trinajstić information content (AvgIpc) is 3.31. The van der Waals surface area contributed by atoms with Gasteiger partial charge in [0.1, 0.15) is 12.7 Å². The third-order valence-electron chi connectivity index (χ3n) is 4.75. The quantitative estimate of drug-likeness (QED) is 0.577. The predicted octanol–water partition coefficient (Wildman–Crippen LogP) is 3.99. The van der Waals surface area contributed by atoms with E-state index in [9.17, 15) is 4.79 Å². The van der Waals surface area contributed by atoms with Gasteiger partial charge in [0.15, 0.2) is 0 Å². The molecule has 4 aromatic rings. The molecule has 2 aromatic heterocycles. The Kier molecular flexibility index (Phi) is 4.76. The van der Waals surface area contributed by atoms with Crippen LogP contribution in [0.2, 0.25) is 0 Å². The van der Waals surface area contributed by atoms with Gasteiger partial charge in [-0.3, -0.25) is 4.79 Å². The molecule has 0 fully saturated rings. The van der Waals surface area contributed by atoms with Crippen molar-refractivity contribution in [3.8, 4) is 5.69 Å². The number of benzene rings is 2. The minimum atomic E-state index is -0.124. The molecule has 6 heteroatoms. The molecule has 4 rings (SSSR count). The Morgan fingerprint density at radius 2 is 1.79 bits per heavy atom. The van der Waals surface area contributed by atoms with Crippen molar-refractivity contribution < 1.29 is 4.79 Å². The molecular weight excluding hydrogens is 350 g/mol. The minimum absolute atomic E-state index is 0.124. The molecule has 2 aromatic carbocycles. The Morgan fingerprint density at radius 1 is 1.04 bits per heavy atom. The molecule has 0 bridgehead atoms. The first kappa shape index (κ1) is 17.7. The molecule has 0 radical (unpaired) electrons. The fraction of sp³-hybridized carbons (Fsp3) is 0.136. The number of para-hydroxylation sites is 2. The summed E-state index contributed by atoms with van der Waals surface area (Å²) in [5.41, 5.74) is 5.38. The van der Waals surface area contributed by atoms with Crippen LogP contribution in [0.15, 0.2) is 73.3 Å². The third-order valence-corrected chi connectivity index (χ3v) is 4.75. The van der Waals surface area contributed by atoms with E-state index >= 15 is 0 Å². The van der Waals surface area contributed by atoms with E-state index in [2.05, 4.69) is 20.0 Å². The summed E-state index contributed by atoms with van der Waals surface area (Å²) in [5, 5.41) is 7.20. The second-order valence-electron chi connectivity index (χ2n) is 6.66. The van der Waals surface area contributed by atoms with Crippen LogP contribution >= 0.6 is 0 Å². The van der Waals surface area contributed by atoms with E-state index in [0.29, 0.717) is 12.1 Å². The molecule has 1 N–H and O–H groups in total. The molecule has 0 unspecified atom stereocenters. The van der Waals surface area contributed by atoms with Crippen molar-refractivity contribution >= 4 is 11.6 Å². The Bertz CT molecular complexity index is 1100. The van der Waals surface area contributed by atoms with Crippen molar-refractivity contribution in [2.75, 3.05) is 5.32 Å². The minimum Gasteiger partial charge on any atom is -0.322 e. The van der Waals surface area contributed by atoms with Crippen LogP contribution in [0.1, 0.15) is 27.3 Å². The van der Waals surface area contributed by atoms with Crippen LogP contribution in [0.3, 0.4) is 0 Å². The second-order valence-corrected chi connectivity index (χ2v) is 6.66. The number of aromatic nitrogens is 4. The average molecular weight is 371 g/mol. The van der Waals surface area contributed by atoms with E-state index in [-0.39, 0.29) is 5.91 Å². The van der Waals surface area contributed by atoms with Gasteiger partial charge in [0.05, 0.1) is 12.1 Å². The Labute approximate surface area is 163 Å². The molecule has 0 spiro atoms. The number of carbonyl (C=O) groups is 1. The van der Waals surface area contributed by atoms with Crippen LogP contribution in [0.5, 0.6) is 0 Å². The first-order chi connectivity index (χ1) is 13.6. The standard InChI is InChI=1S/C22H21N5O/c1-16-12-20(17(2)27(16)19-9-4-3-5-10-19)22(28)25-21-11-7-6-8-18(21)13-26-15-23-14-24-26/h3-12,14-15H,13H2,1-2H3,(H,25,28). The van der Waals surface area contributed by atoms with Crippen molar-refractivity contribution in [1.29, 1.82) is 0 Å². The zero-order valence-electron chi connectivity index (χ0n) is 15.8. The topological polar surface area (TPSA) is 64.7 Å². The van der Waals surface area contributed by atoms with Crippen LogP contribution in [0.4, 0.5) is 5.69 Å². The Balaban J connectivity index is 1.62. The highest BCUT2D eigenvalue weighted by Gasteiger charge is 2.17. The van der Waals surface area contributed by atoms with Gasteiger partial charge >= 0.3 is 0 Å². The van der Waals surface area contributed by atoms with Gasteiger partial charge in [-0.1, -0.05) is 36.4 Å². The number of anilines is 1. The van der Waals surface area contributed by atoms with Gasteiger partial charge in [0.25, 0.3) is 5.91 Å². The fourth-order valence-electron chi connectivity index (χ4n) is 3.43. The monoisotopic (exact) mass is 371 g/mol. The highest BCUT2D eigenvalue weighted by molar-refractivity contribution is 6.05. The lowest BCUT2D eigenvalue weighted by molar-refractivity contribution is 0.102. The van der Waals surface area contributed by atoms with Gasteiger partial charge in [-0.15, -0.1) is 0 Å². The SMILES string of the molecule is Cc1cc(C(=O)Nc2ccccc2Cn2cncn2)c(C)n1-c1ccccc1. The first-order valence-electron chi connectivity index (χ1n) is 9.09. The van der Waals surface area contributed by atoms with E-state index < -0.39 is 0 Å². The van der Waals surface area contributed by atoms with Crippen LogP contribution in [-0.4, -0.2) is 25.2 Å². The molecule has 0 aliphatic rings. The Hall–Kier alpha value is -3.67. The maximum Gasteiger partial charge on any atom is 0.257 e. The zero-order chi connectivity index (χ0) is 19.5. The summed E-state index contributed by atoms with van der Waals surface area (Å²) < 4.78 is 3.82. The van der Waals surface area contributed by atoms with Gasteiger partial charge < -0.3 is 9.88 Å². The lowest BCUT2D eigenvalue weighted by atomic mass is 10.1. The molecule has 28 heavy (non-hydrogen) atoms. The smallest absolute Gasteiger partial charge is 0.257 e. The number of nitrogens with zero attached hydrogens (tertiary/aromatic N) is 4. The molecule has 1 amide bonds. The summed E-state index contributed by atoms with van der Waals surface area (Å²) in [7, 11) is 0. The number of amides is 1. The number of hydrogen-bond donors (Lipinski definition) is 1. The molecule has 0 aliphatic heterocycles. The van der Waals surface area contributed by atoms with E-state index in [1.807, 2.05) is 74.5 Å². The van der Waals surface area contributed by atoms with Crippen LogP contribution in [-0.2, 0) is 6.54 Å². The van der Waals surface area contributed by atoms with Crippen molar-refractivity contribution in [3.63, 3.8) is 0 Å². The lowest BCUT2D eigenvalue weighted by Crippen LogP contribution is -2.15. The molecule has 6 nitrogen and oxygen atoms in total. The van der Waals surface area contributed by atoms with Gasteiger partial charge in [0, 0.05) is 22.8 Å². The largest absolute Gasteiger partial charge is 0.322 e. The number of nitrogens with one attached hydrogen (secondary N) is 1. The highest BCUT2D eigenvalue weighted by atomic mass is 16.1. The summed E-state index contributed by atoms with van der Waals surface area (Å²) in [6, 6.07) is 19.7. The van der Waals surface area contributed by atoms with Crippen molar-refractivity contribution in [1.82, 2.24) is 19.3 Å². The van der Waals surface area contributed by atoms with Crippen LogP contribution < -0.4 is 5.32 Å². The number of rotatable bonds is 5. The van der Waals surface area contributed by atoms with Crippen LogP contribution in [0, 0.1) is 13.8 Å². The second kappa shape index (κ2) is 7.52. The van der Waals surface area contributed by atoms with Gasteiger partial charge in [-0.05, 0) is 43.7 Å². The summed E-state index contributed by atoms with van der Waals surface area (Å²) in [6.45, 7) is 4.52. The van der Waals surface area contributed by atoms with E-state index in [4.69, 9.17) is 0 Å². The summed E-state index contributed by atoms with van der Waals surface area (Å²) in [6.07, 6.45) is 3.16. The van der Waals surface area contributed by atoms with Crippen molar-refractivity contribution in [3.05, 3.63) is 95.8 Å². The molecule has 0 atom stereocenters. The molecule has 140 valence electrons. The molecule has 2 heterocycles. The molecule has 0 saturated carbocycles. The van der Waals surface area contributed by atoms with Crippen molar-refractivity contribution in [2.24, 2.45) is 0 Å². The highest BCUT2D eigenvalue weighted by Crippen LogP contribution is 2.23. The lowest BCUT2D eigenvalue weighted by Gasteiger charge is -2.12. The summed E-state index contributed by atoms with van der Waals surface area (Å²) in [5.74, 6) is -0.124. The fourth-order valence-corrected chi connectivity index (χ4v) is 3.43. The van der Waals surface area contributed by atoms with Crippen LogP contribution in [0.25, 0.3) is 5.69 Å². The maximum absolute atomic E-state index is 13.0. The molecule has 0 saturated heterocycles. The van der Waals surface area contributed by atoms with Gasteiger partial charge in [0.2, 0.25) is 0 Å². The van der Waals surface area contributed by atoms with Gasteiger partial charge in [-0.25, -0.2) is 9.67 Å². The van der Waals surface area contributed by atoms with E-state index in [0.717, 1.165) is 28.3 Å². The molecular formula is C22H21N5O. The number of aryl methyl sites for hydroxylation is 1. The summed E-state index contributed by atoms with van der Waals surface area (Å²) >= 11 is 0. The number of carbonyl (C=O) groups excluding carboxylic acids is 1.